The van der Waals surface area contributed by atoms with E-state index in [1.165, 1.54) is 0 Å². The number of nitrogens with zero attached hydrogens (tertiary/aromatic N) is 1. The molecule has 1 heterocycles. The lowest BCUT2D eigenvalue weighted by atomic mass is 10.0. The van der Waals surface area contributed by atoms with Gasteiger partial charge in [0.05, 0.1) is 5.02 Å². The topological polar surface area (TPSA) is 28.0 Å². The Kier molecular flexibility index (Phi) is 2.50. The molecule has 0 aliphatic rings. The van der Waals surface area contributed by atoms with E-state index >= 15 is 0 Å². The second-order valence-corrected chi connectivity index (χ2v) is 5.98. The molecule has 2 nitrogen and oxygen atoms in total. The maximum Gasteiger partial charge on any atom is 0.0506 e. The second-order valence-electron chi connectivity index (χ2n) is 4.72. The summed E-state index contributed by atoms with van der Waals surface area (Å²) in [5, 5.41) is 16.9. The number of benzene rings is 3. The molecule has 0 aliphatic carbocycles. The van der Waals surface area contributed by atoms with Crippen molar-refractivity contribution in [2.45, 2.75) is 0 Å². The van der Waals surface area contributed by atoms with Crippen LogP contribution in [0.15, 0.2) is 53.0 Å². The van der Waals surface area contributed by atoms with Crippen molar-refractivity contribution in [2.24, 2.45) is 0 Å². The lowest BCUT2D eigenvalue weighted by Crippen LogP contribution is -1.84. The van der Waals surface area contributed by atoms with Gasteiger partial charge >= 0.3 is 0 Å². The van der Waals surface area contributed by atoms with Gasteiger partial charge in [-0.2, -0.15) is 0 Å². The number of aromatic nitrogens is 1. The Bertz CT molecular complexity index is 990. The van der Waals surface area contributed by atoms with Gasteiger partial charge in [-0.15, -0.1) is 0 Å². The van der Waals surface area contributed by atoms with Crippen LogP contribution in [-0.2, 0) is 0 Å². The number of fused-ring (bicyclic) bond motifs is 5. The van der Waals surface area contributed by atoms with Crippen LogP contribution >= 0.6 is 27.5 Å². The molecule has 0 amide bonds. The smallest absolute Gasteiger partial charge is 0.0506 e. The lowest BCUT2D eigenvalue weighted by molar-refractivity contribution is 1.22. The third-order valence-corrected chi connectivity index (χ3v) is 4.67. The van der Waals surface area contributed by atoms with Gasteiger partial charge in [0.2, 0.25) is 0 Å². The van der Waals surface area contributed by atoms with Crippen LogP contribution in [0.1, 0.15) is 0 Å². The number of hydrogen-bond acceptors (Lipinski definition) is 1. The molecule has 0 unspecified atom stereocenters. The Morgan fingerprint density at radius 3 is 2.45 bits per heavy atom. The van der Waals surface area contributed by atoms with Gasteiger partial charge in [0, 0.05) is 26.3 Å². The van der Waals surface area contributed by atoms with Gasteiger partial charge in [-0.3, -0.25) is 0 Å². The first kappa shape index (κ1) is 12.1. The molecular formula is C16H8BrClNO-. The van der Waals surface area contributed by atoms with E-state index in [-0.39, 0.29) is 0 Å². The molecule has 0 atom stereocenters. The molecule has 98 valence electrons. The van der Waals surface area contributed by atoms with E-state index in [1.54, 1.807) is 12.1 Å². The van der Waals surface area contributed by atoms with Crippen LogP contribution in [0.5, 0.6) is 0 Å². The number of rotatable bonds is 0. The van der Waals surface area contributed by atoms with Crippen molar-refractivity contribution in [3.8, 4) is 0 Å². The van der Waals surface area contributed by atoms with Gasteiger partial charge in [-0.05, 0) is 35.0 Å². The third-order valence-electron chi connectivity index (χ3n) is 3.67. The number of halogens is 2. The summed E-state index contributed by atoms with van der Waals surface area (Å²) in [7, 11) is 0. The maximum atomic E-state index is 12.4. The Morgan fingerprint density at radius 1 is 0.850 bits per heavy atom. The van der Waals surface area contributed by atoms with Gasteiger partial charge in [0.1, 0.15) is 0 Å². The largest absolute Gasteiger partial charge is 0.805 e. The van der Waals surface area contributed by atoms with Crippen molar-refractivity contribution in [3.63, 3.8) is 0 Å². The fourth-order valence-electron chi connectivity index (χ4n) is 2.80. The van der Waals surface area contributed by atoms with Crippen molar-refractivity contribution < 1.29 is 0 Å². The van der Waals surface area contributed by atoms with Crippen LogP contribution in [0.25, 0.3) is 32.6 Å². The van der Waals surface area contributed by atoms with Crippen LogP contribution in [-0.4, -0.2) is 4.73 Å². The highest BCUT2D eigenvalue weighted by atomic mass is 79.9. The molecule has 4 rings (SSSR count). The Balaban J connectivity index is 2.42. The first-order valence-corrected chi connectivity index (χ1v) is 7.33. The fraction of sp³-hybridized carbons (Fsp3) is 0. The molecule has 3 aromatic carbocycles. The average Bonchev–Trinajstić information content (AvgIpc) is 2.75. The van der Waals surface area contributed by atoms with E-state index in [4.69, 9.17) is 11.6 Å². The normalized spacial score (nSPS) is 11.7. The highest BCUT2D eigenvalue weighted by Gasteiger charge is 2.12. The zero-order chi connectivity index (χ0) is 13.9. The van der Waals surface area contributed by atoms with Crippen LogP contribution in [0.2, 0.25) is 5.02 Å². The van der Waals surface area contributed by atoms with E-state index in [1.807, 2.05) is 36.4 Å². The molecule has 0 saturated heterocycles. The summed E-state index contributed by atoms with van der Waals surface area (Å²) >= 11 is 9.88. The maximum absolute atomic E-state index is 12.4. The second kappa shape index (κ2) is 4.14. The molecule has 0 aliphatic heterocycles. The summed E-state index contributed by atoms with van der Waals surface area (Å²) in [5.41, 5.74) is 1.26. The summed E-state index contributed by atoms with van der Waals surface area (Å²) in [6.07, 6.45) is 0. The van der Waals surface area contributed by atoms with Gasteiger partial charge in [0.15, 0.2) is 0 Å². The zero-order valence-electron chi connectivity index (χ0n) is 10.2. The van der Waals surface area contributed by atoms with Gasteiger partial charge in [-0.1, -0.05) is 51.8 Å². The Morgan fingerprint density at radius 2 is 1.60 bits per heavy atom. The van der Waals surface area contributed by atoms with Crippen molar-refractivity contribution in [3.05, 3.63) is 63.2 Å². The predicted octanol–water partition coefficient (Wildman–Crippen LogP) is 5.71. The zero-order valence-corrected chi connectivity index (χ0v) is 12.6. The molecule has 20 heavy (non-hydrogen) atoms. The molecule has 0 bridgehead atoms. The lowest BCUT2D eigenvalue weighted by Gasteiger charge is -2.10. The SMILES string of the molecule is [O-]n1c2cccc(Cl)c2c2c3cccc(Br)c3ccc21. The highest BCUT2D eigenvalue weighted by Crippen LogP contribution is 2.39. The van der Waals surface area contributed by atoms with Crippen molar-refractivity contribution in [2.75, 3.05) is 0 Å². The summed E-state index contributed by atoms with van der Waals surface area (Å²) in [5.74, 6) is 0. The molecule has 4 heteroatoms. The van der Waals surface area contributed by atoms with Gasteiger partial charge in [-0.25, -0.2) is 0 Å². The minimum atomic E-state index is 0.606. The van der Waals surface area contributed by atoms with Crippen LogP contribution < -0.4 is 0 Å². The van der Waals surface area contributed by atoms with Gasteiger partial charge < -0.3 is 9.94 Å². The predicted molar refractivity (Wildman–Crippen MR) is 88.4 cm³/mol. The number of hydrogen-bond donors (Lipinski definition) is 0. The monoisotopic (exact) mass is 344 g/mol. The Hall–Kier alpha value is -1.71. The summed E-state index contributed by atoms with van der Waals surface area (Å²) in [6, 6.07) is 15.2. The quantitative estimate of drug-likeness (QED) is 0.401. The summed E-state index contributed by atoms with van der Waals surface area (Å²) in [6.45, 7) is 0. The highest BCUT2D eigenvalue weighted by molar-refractivity contribution is 9.10. The molecule has 4 aromatic rings. The van der Waals surface area contributed by atoms with Crippen molar-refractivity contribution in [1.29, 1.82) is 0 Å². The van der Waals surface area contributed by atoms with E-state index < -0.39 is 0 Å². The van der Waals surface area contributed by atoms with Gasteiger partial charge in [0.25, 0.3) is 0 Å². The molecular weight excluding hydrogens is 338 g/mol. The van der Waals surface area contributed by atoms with E-state index in [9.17, 15) is 5.21 Å². The first-order chi connectivity index (χ1) is 9.68. The molecule has 0 saturated carbocycles. The standard InChI is InChI=1S/C16H8BrClNO/c17-11-4-1-3-10-9(11)7-8-14-15(10)16-12(18)5-2-6-13(16)19(14)20/h1-8H/q-1. The van der Waals surface area contributed by atoms with Crippen LogP contribution in [0.4, 0.5) is 0 Å². The first-order valence-electron chi connectivity index (χ1n) is 6.16. The van der Waals surface area contributed by atoms with Crippen molar-refractivity contribution in [1.82, 2.24) is 4.73 Å². The summed E-state index contributed by atoms with van der Waals surface area (Å²) in [4.78, 5) is 0. The molecule has 1 aromatic heterocycles. The van der Waals surface area contributed by atoms with Crippen molar-refractivity contribution >= 4 is 60.1 Å². The van der Waals surface area contributed by atoms with E-state index in [0.29, 0.717) is 16.1 Å². The van der Waals surface area contributed by atoms with E-state index in [0.717, 1.165) is 30.7 Å². The Labute approximate surface area is 128 Å². The molecule has 0 spiro atoms. The van der Waals surface area contributed by atoms with E-state index in [2.05, 4.69) is 15.9 Å². The third kappa shape index (κ3) is 1.45. The average molecular weight is 346 g/mol. The minimum absolute atomic E-state index is 0.606. The minimum Gasteiger partial charge on any atom is -0.805 e. The molecule has 0 radical (unpaired) electrons. The molecule has 0 N–H and O–H groups in total. The molecule has 0 fully saturated rings. The summed E-state index contributed by atoms with van der Waals surface area (Å²) < 4.78 is 1.97. The fourth-order valence-corrected chi connectivity index (χ4v) is 3.56. The van der Waals surface area contributed by atoms with Crippen LogP contribution in [0.3, 0.4) is 0 Å². The van der Waals surface area contributed by atoms with Crippen LogP contribution in [0, 0.1) is 5.21 Å².